The molecule has 118 valence electrons. The van der Waals surface area contributed by atoms with Gasteiger partial charge in [-0.25, -0.2) is 0 Å². The van der Waals surface area contributed by atoms with Crippen molar-refractivity contribution >= 4 is 5.69 Å². The minimum absolute atomic E-state index is 0.527. The molecule has 0 amide bonds. The van der Waals surface area contributed by atoms with Crippen LogP contribution >= 0.6 is 0 Å². The first-order valence-electron chi connectivity index (χ1n) is 8.18. The third kappa shape index (κ3) is 5.01. The summed E-state index contributed by atoms with van der Waals surface area (Å²) in [5, 5.41) is 3.47. The van der Waals surface area contributed by atoms with Gasteiger partial charge in [0.2, 0.25) is 0 Å². The number of anilines is 1. The zero-order chi connectivity index (χ0) is 15.2. The van der Waals surface area contributed by atoms with E-state index >= 15 is 0 Å². The van der Waals surface area contributed by atoms with Gasteiger partial charge in [-0.2, -0.15) is 0 Å². The number of rotatable bonds is 6. The molecule has 1 unspecified atom stereocenters. The van der Waals surface area contributed by atoms with Gasteiger partial charge in [0.15, 0.2) is 0 Å². The summed E-state index contributed by atoms with van der Waals surface area (Å²) in [6, 6.07) is 7.33. The summed E-state index contributed by atoms with van der Waals surface area (Å²) in [6.45, 7) is 10.5. The molecule has 0 radical (unpaired) electrons. The fourth-order valence-electron chi connectivity index (χ4n) is 3.01. The number of hydrogen-bond donors (Lipinski definition) is 1. The largest absolute Gasteiger partial charge is 0.381 e. The Balaban J connectivity index is 1.95. The van der Waals surface area contributed by atoms with Crippen LogP contribution in [0.3, 0.4) is 0 Å². The van der Waals surface area contributed by atoms with E-state index in [2.05, 4.69) is 56.2 Å². The van der Waals surface area contributed by atoms with Crippen LogP contribution in [0.15, 0.2) is 18.2 Å². The SMILES string of the molecule is Cc1cc(CNC(C)C)ccc1N(C)CC1CCCOC1. The normalized spacial score (nSPS) is 19.0. The minimum atomic E-state index is 0.527. The Hall–Kier alpha value is -1.06. The molecule has 3 nitrogen and oxygen atoms in total. The molecular formula is C18H30N2O. The standard InChI is InChI=1S/C18H30N2O/c1-14(2)19-11-16-7-8-18(15(3)10-16)20(4)12-17-6-5-9-21-13-17/h7-8,10,14,17,19H,5-6,9,11-13H2,1-4H3. The Labute approximate surface area is 129 Å². The maximum absolute atomic E-state index is 5.59. The van der Waals surface area contributed by atoms with Crippen molar-refractivity contribution in [2.24, 2.45) is 5.92 Å². The molecule has 0 saturated carbocycles. The molecule has 0 aliphatic carbocycles. The van der Waals surface area contributed by atoms with Gasteiger partial charge in [-0.15, -0.1) is 0 Å². The van der Waals surface area contributed by atoms with Crippen molar-refractivity contribution in [3.63, 3.8) is 0 Å². The Bertz CT molecular complexity index is 439. The predicted molar refractivity (Wildman–Crippen MR) is 90.0 cm³/mol. The van der Waals surface area contributed by atoms with Crippen molar-refractivity contribution in [2.45, 2.75) is 46.2 Å². The second kappa shape index (κ2) is 7.81. The maximum atomic E-state index is 5.59. The highest BCUT2D eigenvalue weighted by atomic mass is 16.5. The molecule has 1 saturated heterocycles. The highest BCUT2D eigenvalue weighted by Crippen LogP contribution is 2.23. The van der Waals surface area contributed by atoms with Gasteiger partial charge in [-0.3, -0.25) is 0 Å². The van der Waals surface area contributed by atoms with Crippen LogP contribution < -0.4 is 10.2 Å². The molecular weight excluding hydrogens is 260 g/mol. The van der Waals surface area contributed by atoms with Gasteiger partial charge in [-0.1, -0.05) is 26.0 Å². The molecule has 1 aliphatic rings. The van der Waals surface area contributed by atoms with Crippen molar-refractivity contribution in [3.05, 3.63) is 29.3 Å². The first-order valence-corrected chi connectivity index (χ1v) is 8.18. The fraction of sp³-hybridized carbons (Fsp3) is 0.667. The van der Waals surface area contributed by atoms with Gasteiger partial charge >= 0.3 is 0 Å². The van der Waals surface area contributed by atoms with E-state index in [1.165, 1.54) is 29.7 Å². The van der Waals surface area contributed by atoms with Crippen LogP contribution in [-0.4, -0.2) is 32.8 Å². The van der Waals surface area contributed by atoms with Crippen molar-refractivity contribution in [1.29, 1.82) is 0 Å². The molecule has 1 aromatic rings. The second-order valence-corrected chi connectivity index (χ2v) is 6.62. The molecule has 2 rings (SSSR count). The number of nitrogens with one attached hydrogen (secondary N) is 1. The molecule has 1 atom stereocenters. The lowest BCUT2D eigenvalue weighted by atomic mass is 10.0. The van der Waals surface area contributed by atoms with Gasteiger partial charge in [0, 0.05) is 38.5 Å². The first kappa shape index (κ1) is 16.3. The van der Waals surface area contributed by atoms with E-state index in [0.717, 1.165) is 26.3 Å². The monoisotopic (exact) mass is 290 g/mol. The lowest BCUT2D eigenvalue weighted by Gasteiger charge is -2.29. The van der Waals surface area contributed by atoms with E-state index in [1.54, 1.807) is 0 Å². The van der Waals surface area contributed by atoms with Gasteiger partial charge < -0.3 is 15.0 Å². The van der Waals surface area contributed by atoms with Gasteiger partial charge in [0.1, 0.15) is 0 Å². The molecule has 1 N–H and O–H groups in total. The van der Waals surface area contributed by atoms with Crippen LogP contribution in [0.2, 0.25) is 0 Å². The van der Waals surface area contributed by atoms with Gasteiger partial charge in [-0.05, 0) is 42.9 Å². The number of nitrogens with zero attached hydrogens (tertiary/aromatic N) is 1. The first-order chi connectivity index (χ1) is 10.1. The van der Waals surface area contributed by atoms with Crippen molar-refractivity contribution in [2.75, 3.05) is 31.7 Å². The summed E-state index contributed by atoms with van der Waals surface area (Å²) in [4.78, 5) is 2.38. The van der Waals surface area contributed by atoms with Crippen LogP contribution in [0, 0.1) is 12.8 Å². The average Bonchev–Trinajstić information content (AvgIpc) is 2.46. The predicted octanol–water partition coefficient (Wildman–Crippen LogP) is 3.36. The zero-order valence-corrected chi connectivity index (χ0v) is 14.0. The van der Waals surface area contributed by atoms with E-state index in [1.807, 2.05) is 0 Å². The second-order valence-electron chi connectivity index (χ2n) is 6.62. The van der Waals surface area contributed by atoms with Crippen molar-refractivity contribution in [1.82, 2.24) is 5.32 Å². The lowest BCUT2D eigenvalue weighted by molar-refractivity contribution is 0.0576. The van der Waals surface area contributed by atoms with Crippen LogP contribution in [0.25, 0.3) is 0 Å². The molecule has 0 bridgehead atoms. The summed E-state index contributed by atoms with van der Waals surface area (Å²) in [6.07, 6.45) is 2.50. The number of aryl methyl sites for hydroxylation is 1. The van der Waals surface area contributed by atoms with Crippen molar-refractivity contribution in [3.8, 4) is 0 Å². The summed E-state index contributed by atoms with van der Waals surface area (Å²) >= 11 is 0. The van der Waals surface area contributed by atoms with E-state index in [4.69, 9.17) is 4.74 Å². The van der Waals surface area contributed by atoms with Crippen molar-refractivity contribution < 1.29 is 4.74 Å². The van der Waals surface area contributed by atoms with E-state index in [0.29, 0.717) is 12.0 Å². The highest BCUT2D eigenvalue weighted by molar-refractivity contribution is 5.54. The van der Waals surface area contributed by atoms with Gasteiger partial charge in [0.25, 0.3) is 0 Å². The highest BCUT2D eigenvalue weighted by Gasteiger charge is 2.17. The molecule has 0 aromatic heterocycles. The Morgan fingerprint density at radius 1 is 1.38 bits per heavy atom. The smallest absolute Gasteiger partial charge is 0.0511 e. The van der Waals surface area contributed by atoms with E-state index < -0.39 is 0 Å². The average molecular weight is 290 g/mol. The lowest BCUT2D eigenvalue weighted by Crippen LogP contribution is -2.31. The fourth-order valence-corrected chi connectivity index (χ4v) is 3.01. The Morgan fingerprint density at radius 2 is 2.19 bits per heavy atom. The third-order valence-electron chi connectivity index (χ3n) is 4.17. The number of hydrogen-bond acceptors (Lipinski definition) is 3. The molecule has 1 heterocycles. The summed E-state index contributed by atoms with van der Waals surface area (Å²) < 4.78 is 5.59. The quantitative estimate of drug-likeness (QED) is 0.869. The van der Waals surface area contributed by atoms with Crippen LogP contribution in [-0.2, 0) is 11.3 Å². The number of benzene rings is 1. The minimum Gasteiger partial charge on any atom is -0.381 e. The maximum Gasteiger partial charge on any atom is 0.0511 e. The molecule has 0 spiro atoms. The van der Waals surface area contributed by atoms with Crippen LogP contribution in [0.5, 0.6) is 0 Å². The Morgan fingerprint density at radius 3 is 2.81 bits per heavy atom. The molecule has 1 fully saturated rings. The summed E-state index contributed by atoms with van der Waals surface area (Å²) in [5.41, 5.74) is 4.06. The van der Waals surface area contributed by atoms with Crippen LogP contribution in [0.1, 0.15) is 37.8 Å². The molecule has 1 aliphatic heterocycles. The molecule has 3 heteroatoms. The topological polar surface area (TPSA) is 24.5 Å². The van der Waals surface area contributed by atoms with E-state index in [9.17, 15) is 0 Å². The third-order valence-corrected chi connectivity index (χ3v) is 4.17. The number of ether oxygens (including phenoxy) is 1. The summed E-state index contributed by atoms with van der Waals surface area (Å²) in [5.74, 6) is 0.672. The van der Waals surface area contributed by atoms with Crippen LogP contribution in [0.4, 0.5) is 5.69 Å². The summed E-state index contributed by atoms with van der Waals surface area (Å²) in [7, 11) is 2.20. The molecule has 21 heavy (non-hydrogen) atoms. The van der Waals surface area contributed by atoms with E-state index in [-0.39, 0.29) is 0 Å². The zero-order valence-electron chi connectivity index (χ0n) is 14.0. The molecule has 1 aromatic carbocycles. The van der Waals surface area contributed by atoms with Gasteiger partial charge in [0.05, 0.1) is 6.61 Å². The Kier molecular flexibility index (Phi) is 6.07.